The summed E-state index contributed by atoms with van der Waals surface area (Å²) in [6.07, 6.45) is 12.3. The molecule has 0 aromatic carbocycles. The largest absolute Gasteiger partial charge is 0.390 e. The standard InChI is InChI=1S/C27H47FO2/c1-18(10-12-24(2,3)29)21-8-9-22-20-7-6-19-16-27(30,17-28)15-14-25(19,4)23(20)11-13-26(21,22)5/h18-23,29-30H,6-17H2,1-5H3. The average Bonchev–Trinajstić information content (AvgIpc) is 3.03. The number of aliphatic hydroxyl groups is 2. The molecule has 2 N–H and O–H groups in total. The van der Waals surface area contributed by atoms with Gasteiger partial charge in [-0.15, -0.1) is 0 Å². The topological polar surface area (TPSA) is 40.5 Å². The van der Waals surface area contributed by atoms with E-state index in [1.54, 1.807) is 0 Å². The van der Waals surface area contributed by atoms with Crippen LogP contribution in [0.3, 0.4) is 0 Å². The van der Waals surface area contributed by atoms with E-state index in [2.05, 4.69) is 20.8 Å². The minimum absolute atomic E-state index is 0.302. The molecule has 0 spiro atoms. The van der Waals surface area contributed by atoms with Crippen LogP contribution in [0.5, 0.6) is 0 Å². The maximum Gasteiger partial charge on any atom is 0.118 e. The predicted octanol–water partition coefficient (Wildman–Crippen LogP) is 6.53. The smallest absolute Gasteiger partial charge is 0.118 e. The Kier molecular flexibility index (Phi) is 5.92. The Morgan fingerprint density at radius 1 is 0.967 bits per heavy atom. The molecular weight excluding hydrogens is 375 g/mol. The van der Waals surface area contributed by atoms with E-state index in [9.17, 15) is 14.6 Å². The summed E-state index contributed by atoms with van der Waals surface area (Å²) in [5, 5.41) is 20.8. The normalized spacial score (nSPS) is 49.8. The molecule has 4 aliphatic carbocycles. The molecule has 0 aromatic rings. The van der Waals surface area contributed by atoms with Crippen LogP contribution in [-0.4, -0.2) is 28.1 Å². The first kappa shape index (κ1) is 23.0. The van der Waals surface area contributed by atoms with Crippen molar-refractivity contribution >= 4 is 0 Å². The summed E-state index contributed by atoms with van der Waals surface area (Å²) in [5.74, 6) is 4.41. The van der Waals surface area contributed by atoms with E-state index in [4.69, 9.17) is 0 Å². The van der Waals surface area contributed by atoms with E-state index in [-0.39, 0.29) is 0 Å². The highest BCUT2D eigenvalue weighted by molar-refractivity contribution is 5.11. The van der Waals surface area contributed by atoms with Crippen molar-refractivity contribution < 1.29 is 14.6 Å². The van der Waals surface area contributed by atoms with Gasteiger partial charge in [0.15, 0.2) is 0 Å². The fourth-order valence-electron chi connectivity index (χ4n) is 9.20. The van der Waals surface area contributed by atoms with E-state index < -0.39 is 17.9 Å². The zero-order valence-corrected chi connectivity index (χ0v) is 20.2. The van der Waals surface area contributed by atoms with Gasteiger partial charge in [0.25, 0.3) is 0 Å². The van der Waals surface area contributed by atoms with Crippen molar-refractivity contribution in [2.24, 2.45) is 46.3 Å². The first-order valence-corrected chi connectivity index (χ1v) is 12.9. The van der Waals surface area contributed by atoms with Crippen molar-refractivity contribution in [1.82, 2.24) is 0 Å². The maximum absolute atomic E-state index is 13.5. The molecule has 4 fully saturated rings. The summed E-state index contributed by atoms with van der Waals surface area (Å²) in [6.45, 7) is 10.8. The molecule has 9 atom stereocenters. The summed E-state index contributed by atoms with van der Waals surface area (Å²) >= 11 is 0. The lowest BCUT2D eigenvalue weighted by molar-refractivity contribution is -0.155. The van der Waals surface area contributed by atoms with Crippen LogP contribution in [0.25, 0.3) is 0 Å². The molecule has 0 radical (unpaired) electrons. The van der Waals surface area contributed by atoms with Gasteiger partial charge in [0.2, 0.25) is 0 Å². The molecule has 4 rings (SSSR count). The van der Waals surface area contributed by atoms with Gasteiger partial charge in [0, 0.05) is 0 Å². The molecule has 2 nitrogen and oxygen atoms in total. The van der Waals surface area contributed by atoms with Crippen LogP contribution >= 0.6 is 0 Å². The van der Waals surface area contributed by atoms with Gasteiger partial charge in [0.1, 0.15) is 6.67 Å². The molecule has 0 amide bonds. The van der Waals surface area contributed by atoms with Crippen LogP contribution in [0.2, 0.25) is 0 Å². The first-order chi connectivity index (χ1) is 13.9. The van der Waals surface area contributed by atoms with Gasteiger partial charge >= 0.3 is 0 Å². The molecule has 4 aliphatic rings. The molecule has 0 heterocycles. The van der Waals surface area contributed by atoms with Crippen molar-refractivity contribution in [3.05, 3.63) is 0 Å². The van der Waals surface area contributed by atoms with Crippen LogP contribution in [-0.2, 0) is 0 Å². The monoisotopic (exact) mass is 422 g/mol. The summed E-state index contributed by atoms with van der Waals surface area (Å²) in [7, 11) is 0. The second kappa shape index (κ2) is 7.72. The lowest BCUT2D eigenvalue weighted by Gasteiger charge is -2.62. The Bertz CT molecular complexity index is 629. The number of hydrogen-bond donors (Lipinski definition) is 2. The zero-order chi connectivity index (χ0) is 21.9. The van der Waals surface area contributed by atoms with Crippen molar-refractivity contribution in [3.8, 4) is 0 Å². The summed E-state index contributed by atoms with van der Waals surface area (Å²) in [6, 6.07) is 0. The molecule has 0 aromatic heterocycles. The van der Waals surface area contributed by atoms with Crippen molar-refractivity contribution in [1.29, 1.82) is 0 Å². The number of hydrogen-bond acceptors (Lipinski definition) is 2. The minimum atomic E-state index is -1.05. The third kappa shape index (κ3) is 3.78. The zero-order valence-electron chi connectivity index (χ0n) is 20.2. The van der Waals surface area contributed by atoms with Crippen molar-refractivity contribution in [2.75, 3.05) is 6.67 Å². The van der Waals surface area contributed by atoms with Gasteiger partial charge in [-0.1, -0.05) is 20.8 Å². The van der Waals surface area contributed by atoms with Gasteiger partial charge in [-0.3, -0.25) is 0 Å². The quantitative estimate of drug-likeness (QED) is 0.528. The predicted molar refractivity (Wildman–Crippen MR) is 121 cm³/mol. The summed E-state index contributed by atoms with van der Waals surface area (Å²) in [5.41, 5.74) is -0.844. The van der Waals surface area contributed by atoms with E-state index in [1.807, 2.05) is 13.8 Å². The minimum Gasteiger partial charge on any atom is -0.390 e. The summed E-state index contributed by atoms with van der Waals surface area (Å²) < 4.78 is 13.5. The molecule has 30 heavy (non-hydrogen) atoms. The van der Waals surface area contributed by atoms with Crippen LogP contribution in [0.1, 0.15) is 105 Å². The second-order valence-electron chi connectivity index (χ2n) is 13.3. The Hall–Kier alpha value is -0.150. The Morgan fingerprint density at radius 2 is 1.67 bits per heavy atom. The maximum atomic E-state index is 13.5. The van der Waals surface area contributed by atoms with Gasteiger partial charge in [-0.25, -0.2) is 4.39 Å². The van der Waals surface area contributed by atoms with Gasteiger partial charge < -0.3 is 10.2 Å². The third-order valence-corrected chi connectivity index (χ3v) is 11.0. The van der Waals surface area contributed by atoms with Crippen LogP contribution in [0.4, 0.5) is 4.39 Å². The van der Waals surface area contributed by atoms with E-state index in [1.165, 1.54) is 38.5 Å². The van der Waals surface area contributed by atoms with E-state index >= 15 is 0 Å². The fraction of sp³-hybridized carbons (Fsp3) is 1.00. The lowest BCUT2D eigenvalue weighted by atomic mass is 9.43. The third-order valence-electron chi connectivity index (χ3n) is 11.0. The van der Waals surface area contributed by atoms with Crippen LogP contribution < -0.4 is 0 Å². The van der Waals surface area contributed by atoms with Gasteiger partial charge in [-0.2, -0.15) is 0 Å². The van der Waals surface area contributed by atoms with Crippen LogP contribution in [0.15, 0.2) is 0 Å². The average molecular weight is 423 g/mol. The molecule has 0 aliphatic heterocycles. The number of alkyl halides is 1. The molecular formula is C27H47FO2. The first-order valence-electron chi connectivity index (χ1n) is 12.9. The van der Waals surface area contributed by atoms with Gasteiger partial charge in [-0.05, 0) is 131 Å². The number of halogens is 1. The summed E-state index contributed by atoms with van der Waals surface area (Å²) in [4.78, 5) is 0. The van der Waals surface area contributed by atoms with E-state index in [0.29, 0.717) is 35.5 Å². The Morgan fingerprint density at radius 3 is 2.33 bits per heavy atom. The number of fused-ring (bicyclic) bond motifs is 5. The second-order valence-corrected chi connectivity index (χ2v) is 13.3. The molecule has 0 bridgehead atoms. The molecule has 3 heteroatoms. The SMILES string of the molecule is CC(CCC(C)(C)O)C1CCC2C3CCC4CC(O)(CF)CCC4(C)C3CCC12C. The van der Waals surface area contributed by atoms with E-state index in [0.717, 1.165) is 42.9 Å². The van der Waals surface area contributed by atoms with Gasteiger partial charge in [0.05, 0.1) is 11.2 Å². The molecule has 9 unspecified atom stereocenters. The van der Waals surface area contributed by atoms with Crippen molar-refractivity contribution in [2.45, 2.75) is 116 Å². The fourth-order valence-corrected chi connectivity index (χ4v) is 9.20. The highest BCUT2D eigenvalue weighted by Gasteiger charge is 2.61. The van der Waals surface area contributed by atoms with Crippen LogP contribution in [0, 0.1) is 46.3 Å². The number of rotatable bonds is 5. The van der Waals surface area contributed by atoms with Crippen molar-refractivity contribution in [3.63, 3.8) is 0 Å². The Labute approximate surface area is 184 Å². The highest BCUT2D eigenvalue weighted by Crippen LogP contribution is 2.68. The molecule has 174 valence electrons. The highest BCUT2D eigenvalue weighted by atomic mass is 19.1. The molecule has 0 saturated heterocycles. The Balaban J connectivity index is 1.49. The lowest BCUT2D eigenvalue weighted by Crippen LogP contribution is -2.56. The molecule has 4 saturated carbocycles.